The molecule has 0 saturated carbocycles. The van der Waals surface area contributed by atoms with E-state index in [0.717, 1.165) is 63.0 Å². The number of fused-ring (bicyclic) bond motifs is 1. The molecule has 0 radical (unpaired) electrons. The number of halogens is 6. The van der Waals surface area contributed by atoms with Crippen LogP contribution in [-0.2, 0) is 23.9 Å². The maximum absolute atomic E-state index is 12.6. The lowest BCUT2D eigenvalue weighted by molar-refractivity contribution is -0.193. The molecule has 1 aromatic heterocycles. The largest absolute Gasteiger partial charge is 0.490 e. The Morgan fingerprint density at radius 2 is 1.62 bits per heavy atom. The van der Waals surface area contributed by atoms with Crippen LogP contribution in [0.5, 0.6) is 0 Å². The normalized spacial score (nSPS) is 23.5. The highest BCUT2D eigenvalue weighted by Gasteiger charge is 2.42. The molecule has 10 nitrogen and oxygen atoms in total. The molecule has 3 fully saturated rings. The predicted octanol–water partition coefficient (Wildman–Crippen LogP) is 3.50. The average Bonchev–Trinajstić information content (AvgIpc) is 3.29. The molecule has 3 aliphatic heterocycles. The van der Waals surface area contributed by atoms with Crippen molar-refractivity contribution in [1.82, 2.24) is 9.88 Å². The van der Waals surface area contributed by atoms with Gasteiger partial charge in [0.15, 0.2) is 0 Å². The Kier molecular flexibility index (Phi) is 12.1. The van der Waals surface area contributed by atoms with Crippen molar-refractivity contribution >= 4 is 23.5 Å². The summed E-state index contributed by atoms with van der Waals surface area (Å²) in [4.78, 5) is 37.2. The van der Waals surface area contributed by atoms with Gasteiger partial charge in [-0.2, -0.15) is 26.3 Å². The molecule has 1 aromatic rings. The van der Waals surface area contributed by atoms with E-state index in [2.05, 4.69) is 15.2 Å². The summed E-state index contributed by atoms with van der Waals surface area (Å²) in [5.74, 6) is -4.30. The number of hydrogen-bond acceptors (Lipinski definition) is 7. The van der Waals surface area contributed by atoms with Gasteiger partial charge in [0.1, 0.15) is 6.10 Å². The average molecular weight is 588 g/mol. The summed E-state index contributed by atoms with van der Waals surface area (Å²) >= 11 is 0. The molecule has 3 aliphatic rings. The number of anilines is 1. The topological polar surface area (TPSA) is 138 Å². The Balaban J connectivity index is 0.000000333. The number of nitrogens with one attached hydrogen (secondary N) is 1. The number of nitrogens with zero attached hydrogens (tertiary/aromatic N) is 2. The van der Waals surface area contributed by atoms with Crippen LogP contribution in [0.4, 0.5) is 32.0 Å². The Morgan fingerprint density at radius 1 is 1.05 bits per heavy atom. The summed E-state index contributed by atoms with van der Waals surface area (Å²) in [6.07, 6.45) is -4.28. The van der Waals surface area contributed by atoms with Crippen molar-refractivity contribution < 1.29 is 60.4 Å². The van der Waals surface area contributed by atoms with Gasteiger partial charge in [-0.3, -0.25) is 9.78 Å². The minimum Gasteiger partial charge on any atom is -0.475 e. The van der Waals surface area contributed by atoms with E-state index in [1.807, 2.05) is 19.1 Å². The number of amides is 1. The van der Waals surface area contributed by atoms with E-state index in [4.69, 9.17) is 29.3 Å². The lowest BCUT2D eigenvalue weighted by Crippen LogP contribution is -2.45. The molecule has 0 bridgehead atoms. The third-order valence-electron chi connectivity index (χ3n) is 6.54. The summed E-state index contributed by atoms with van der Waals surface area (Å²) in [5.41, 5.74) is 1.61. The number of pyridine rings is 1. The smallest absolute Gasteiger partial charge is 0.475 e. The molecule has 0 aromatic carbocycles. The number of aliphatic carboxylic acids is 2. The van der Waals surface area contributed by atoms with Crippen LogP contribution < -0.4 is 5.32 Å². The van der Waals surface area contributed by atoms with Gasteiger partial charge in [-0.15, -0.1) is 0 Å². The molecule has 226 valence electrons. The van der Waals surface area contributed by atoms with Crippen molar-refractivity contribution in [2.24, 2.45) is 11.8 Å². The van der Waals surface area contributed by atoms with Crippen LogP contribution in [0.25, 0.3) is 0 Å². The molecular formula is C24H31F6N3O7. The molecule has 3 atom stereocenters. The number of carbonyl (C=O) groups is 3. The van der Waals surface area contributed by atoms with E-state index in [-0.39, 0.29) is 18.1 Å². The van der Waals surface area contributed by atoms with Crippen LogP contribution in [0, 0.1) is 18.8 Å². The number of ether oxygens (including phenoxy) is 2. The van der Waals surface area contributed by atoms with E-state index >= 15 is 0 Å². The second-order valence-corrected chi connectivity index (χ2v) is 9.49. The van der Waals surface area contributed by atoms with Crippen LogP contribution in [0.15, 0.2) is 18.3 Å². The van der Waals surface area contributed by atoms with Crippen molar-refractivity contribution in [3.8, 4) is 0 Å². The van der Waals surface area contributed by atoms with Crippen LogP contribution in [-0.4, -0.2) is 95.4 Å². The maximum atomic E-state index is 12.6. The molecule has 1 amide bonds. The number of aromatic nitrogens is 1. The van der Waals surface area contributed by atoms with Gasteiger partial charge in [-0.1, -0.05) is 0 Å². The molecule has 0 unspecified atom stereocenters. The second kappa shape index (κ2) is 14.6. The number of rotatable bonds is 4. The first-order valence-electron chi connectivity index (χ1n) is 12.4. The van der Waals surface area contributed by atoms with Gasteiger partial charge in [-0.25, -0.2) is 9.59 Å². The summed E-state index contributed by atoms with van der Waals surface area (Å²) in [6, 6.07) is 3.73. The molecule has 3 saturated heterocycles. The van der Waals surface area contributed by atoms with E-state index in [0.29, 0.717) is 5.92 Å². The fourth-order valence-corrected chi connectivity index (χ4v) is 4.45. The number of hydrogen-bond donors (Lipinski definition) is 3. The van der Waals surface area contributed by atoms with Gasteiger partial charge in [0.2, 0.25) is 0 Å². The lowest BCUT2D eigenvalue weighted by atomic mass is 9.90. The van der Waals surface area contributed by atoms with E-state index < -0.39 is 24.3 Å². The fourth-order valence-electron chi connectivity index (χ4n) is 4.45. The Hall–Kier alpha value is -2.98. The molecule has 4 rings (SSSR count). The third kappa shape index (κ3) is 10.9. The van der Waals surface area contributed by atoms with E-state index in [1.165, 1.54) is 12.8 Å². The monoisotopic (exact) mass is 587 g/mol. The quantitative estimate of drug-likeness (QED) is 0.452. The van der Waals surface area contributed by atoms with Gasteiger partial charge < -0.3 is 29.9 Å². The van der Waals surface area contributed by atoms with Crippen molar-refractivity contribution in [3.63, 3.8) is 0 Å². The van der Waals surface area contributed by atoms with Gasteiger partial charge in [0.05, 0.1) is 17.5 Å². The van der Waals surface area contributed by atoms with Crippen molar-refractivity contribution in [1.29, 1.82) is 0 Å². The number of carboxylic acid groups (broad SMARTS) is 2. The van der Waals surface area contributed by atoms with E-state index in [9.17, 15) is 31.1 Å². The fraction of sp³-hybridized carbons (Fsp3) is 0.667. The molecular weight excluding hydrogens is 556 g/mol. The first kappa shape index (κ1) is 33.2. The zero-order chi connectivity index (χ0) is 30.1. The third-order valence-corrected chi connectivity index (χ3v) is 6.54. The number of alkyl halides is 6. The Bertz CT molecular complexity index is 978. The van der Waals surface area contributed by atoms with Crippen LogP contribution in [0.2, 0.25) is 0 Å². The van der Waals surface area contributed by atoms with Crippen LogP contribution >= 0.6 is 0 Å². The number of carboxylic acids is 2. The SMILES string of the molecule is Cc1ncccc1NC(=O)[C@H]1C[C@@H]2CCN(CC3CCOCC3)C[C@@H]2O1.O=C(O)C(F)(F)F.O=C(O)C(F)(F)F. The molecule has 3 N–H and O–H groups in total. The predicted molar refractivity (Wildman–Crippen MR) is 126 cm³/mol. The highest BCUT2D eigenvalue weighted by atomic mass is 19.4. The van der Waals surface area contributed by atoms with Crippen molar-refractivity contribution in [2.45, 2.75) is 57.2 Å². The molecule has 40 heavy (non-hydrogen) atoms. The summed E-state index contributed by atoms with van der Waals surface area (Å²) < 4.78 is 75.1. The van der Waals surface area contributed by atoms with Crippen LogP contribution in [0.3, 0.4) is 0 Å². The molecule has 16 heteroatoms. The zero-order valence-electron chi connectivity index (χ0n) is 21.5. The van der Waals surface area contributed by atoms with Gasteiger partial charge in [0, 0.05) is 32.5 Å². The lowest BCUT2D eigenvalue weighted by Gasteiger charge is -2.36. The first-order valence-corrected chi connectivity index (χ1v) is 12.4. The Morgan fingerprint density at radius 3 is 2.15 bits per heavy atom. The zero-order valence-corrected chi connectivity index (χ0v) is 21.5. The van der Waals surface area contributed by atoms with Crippen molar-refractivity contribution in [3.05, 3.63) is 24.0 Å². The summed E-state index contributed by atoms with van der Waals surface area (Å²) in [6.45, 7) is 6.92. The van der Waals surface area contributed by atoms with Gasteiger partial charge >= 0.3 is 24.3 Å². The van der Waals surface area contributed by atoms with E-state index in [1.54, 1.807) is 6.20 Å². The summed E-state index contributed by atoms with van der Waals surface area (Å²) in [5, 5.41) is 17.2. The number of piperidine rings is 1. The summed E-state index contributed by atoms with van der Waals surface area (Å²) in [7, 11) is 0. The Labute approximate surface area is 225 Å². The van der Waals surface area contributed by atoms with Crippen LogP contribution in [0.1, 0.15) is 31.4 Å². The molecule has 0 spiro atoms. The van der Waals surface area contributed by atoms with Gasteiger partial charge in [0.25, 0.3) is 5.91 Å². The second-order valence-electron chi connectivity index (χ2n) is 9.49. The number of likely N-dealkylation sites (tertiary alicyclic amines) is 1. The highest BCUT2D eigenvalue weighted by Crippen LogP contribution is 2.34. The maximum Gasteiger partial charge on any atom is 0.490 e. The minimum atomic E-state index is -5.08. The highest BCUT2D eigenvalue weighted by molar-refractivity contribution is 5.94. The van der Waals surface area contributed by atoms with Gasteiger partial charge in [-0.05, 0) is 63.1 Å². The standard InChI is InChI=1S/C20H29N3O3.2C2HF3O2/c1-14-17(3-2-7-21-14)22-20(24)18-11-16-4-8-23(13-19(16)26-18)12-15-5-9-25-10-6-15;2*3-2(4,5)1(6)7/h2-3,7,15-16,18-19H,4-6,8-13H2,1H3,(H,22,24);2*(H,6,7)/t16-,18+,19-;;/m0../s1. The molecule has 4 heterocycles. The van der Waals surface area contributed by atoms with Crippen molar-refractivity contribution in [2.75, 3.05) is 38.2 Å². The first-order chi connectivity index (χ1) is 18.6. The minimum absolute atomic E-state index is 0.0357. The number of carbonyl (C=O) groups excluding carboxylic acids is 1. The molecule has 0 aliphatic carbocycles. The number of aryl methyl sites for hydroxylation is 1.